The van der Waals surface area contributed by atoms with Gasteiger partial charge in [0.25, 0.3) is 5.91 Å². The van der Waals surface area contributed by atoms with E-state index in [0.717, 1.165) is 6.07 Å². The van der Waals surface area contributed by atoms with E-state index in [2.05, 4.69) is 5.32 Å². The fourth-order valence-electron chi connectivity index (χ4n) is 1.52. The lowest BCUT2D eigenvalue weighted by atomic mass is 10.3. The minimum atomic E-state index is -0.586. The zero-order chi connectivity index (χ0) is 15.4. The summed E-state index contributed by atoms with van der Waals surface area (Å²) in [5.41, 5.74) is -0.0155. The maximum absolute atomic E-state index is 13.5. The Kier molecular flexibility index (Phi) is 5.28. The van der Waals surface area contributed by atoms with Crippen LogP contribution in [-0.4, -0.2) is 12.5 Å². The van der Waals surface area contributed by atoms with Crippen molar-refractivity contribution in [1.82, 2.24) is 0 Å². The lowest BCUT2D eigenvalue weighted by molar-refractivity contribution is -0.118. The van der Waals surface area contributed by atoms with Crippen LogP contribution in [0.2, 0.25) is 15.1 Å². The Bertz CT molecular complexity index is 679. The molecule has 0 aliphatic rings. The van der Waals surface area contributed by atoms with Crippen molar-refractivity contribution in [3.8, 4) is 5.75 Å². The van der Waals surface area contributed by atoms with Crippen LogP contribution in [0.25, 0.3) is 0 Å². The third-order valence-corrected chi connectivity index (χ3v) is 3.22. The first-order chi connectivity index (χ1) is 9.95. The number of ether oxygens (including phenoxy) is 1. The summed E-state index contributed by atoms with van der Waals surface area (Å²) >= 11 is 17.4. The Morgan fingerprint density at radius 1 is 1.10 bits per heavy atom. The summed E-state index contributed by atoms with van der Waals surface area (Å²) in [6.45, 7) is -0.326. The molecule has 2 aromatic carbocycles. The minimum Gasteiger partial charge on any atom is -0.482 e. The summed E-state index contributed by atoms with van der Waals surface area (Å²) in [6.07, 6.45) is 0. The fourth-order valence-corrected chi connectivity index (χ4v) is 2.15. The molecule has 110 valence electrons. The Balaban J connectivity index is 1.97. The smallest absolute Gasteiger partial charge is 0.262 e. The summed E-state index contributed by atoms with van der Waals surface area (Å²) < 4.78 is 18.7. The van der Waals surface area contributed by atoms with Gasteiger partial charge in [-0.15, -0.1) is 0 Å². The molecule has 0 radical (unpaired) electrons. The van der Waals surface area contributed by atoms with Gasteiger partial charge in [-0.25, -0.2) is 4.39 Å². The highest BCUT2D eigenvalue weighted by Gasteiger charge is 2.10. The molecule has 21 heavy (non-hydrogen) atoms. The number of benzene rings is 2. The van der Waals surface area contributed by atoms with Gasteiger partial charge in [0.2, 0.25) is 0 Å². The number of carbonyl (C=O) groups is 1. The van der Waals surface area contributed by atoms with E-state index < -0.39 is 11.7 Å². The van der Waals surface area contributed by atoms with Crippen LogP contribution in [0.3, 0.4) is 0 Å². The zero-order valence-electron chi connectivity index (χ0n) is 10.5. The standard InChI is InChI=1S/C14H9Cl3FNO2/c15-8-2-4-13(10(17)5-8)21-7-14(20)19-12-6-9(16)1-3-11(12)18/h1-6H,7H2,(H,19,20). The molecule has 0 atom stereocenters. The van der Waals surface area contributed by atoms with E-state index in [1.54, 1.807) is 6.07 Å². The van der Waals surface area contributed by atoms with Crippen LogP contribution in [0.4, 0.5) is 10.1 Å². The second-order valence-corrected chi connectivity index (χ2v) is 5.32. The molecule has 0 fully saturated rings. The first-order valence-corrected chi connectivity index (χ1v) is 6.92. The molecular formula is C14H9Cl3FNO2. The first-order valence-electron chi connectivity index (χ1n) is 5.78. The van der Waals surface area contributed by atoms with E-state index >= 15 is 0 Å². The third kappa shape index (κ3) is 4.49. The molecule has 0 aliphatic carbocycles. The number of nitrogens with one attached hydrogen (secondary N) is 1. The summed E-state index contributed by atoms with van der Waals surface area (Å²) in [5, 5.41) is 3.41. The molecule has 0 aliphatic heterocycles. The van der Waals surface area contributed by atoms with Crippen LogP contribution in [0.5, 0.6) is 5.75 Å². The van der Waals surface area contributed by atoms with Crippen molar-refractivity contribution in [2.45, 2.75) is 0 Å². The molecule has 0 spiro atoms. The summed E-state index contributed by atoms with van der Waals surface area (Å²) in [6, 6.07) is 8.47. The van der Waals surface area contributed by atoms with Crippen LogP contribution in [0.15, 0.2) is 36.4 Å². The van der Waals surface area contributed by atoms with Crippen molar-refractivity contribution in [1.29, 1.82) is 0 Å². The van der Waals surface area contributed by atoms with Gasteiger partial charge in [0, 0.05) is 10.0 Å². The van der Waals surface area contributed by atoms with Crippen LogP contribution < -0.4 is 10.1 Å². The van der Waals surface area contributed by atoms with Gasteiger partial charge in [0.15, 0.2) is 6.61 Å². The molecule has 7 heteroatoms. The van der Waals surface area contributed by atoms with Crippen LogP contribution in [0.1, 0.15) is 0 Å². The first kappa shape index (κ1) is 15.9. The molecule has 0 bridgehead atoms. The summed E-state index contributed by atoms with van der Waals surface area (Å²) in [4.78, 5) is 11.7. The van der Waals surface area contributed by atoms with Crippen molar-refractivity contribution < 1.29 is 13.9 Å². The Labute approximate surface area is 135 Å². The molecule has 3 nitrogen and oxygen atoms in total. The quantitative estimate of drug-likeness (QED) is 0.861. The second kappa shape index (κ2) is 6.98. The summed E-state index contributed by atoms with van der Waals surface area (Å²) in [5.74, 6) is -0.817. The lowest BCUT2D eigenvalue weighted by Gasteiger charge is -2.09. The highest BCUT2D eigenvalue weighted by molar-refractivity contribution is 6.35. The minimum absolute atomic E-state index is 0.0155. The SMILES string of the molecule is O=C(COc1ccc(Cl)cc1Cl)Nc1cc(Cl)ccc1F. The Morgan fingerprint density at radius 2 is 1.76 bits per heavy atom. The molecule has 0 aromatic heterocycles. The zero-order valence-corrected chi connectivity index (χ0v) is 12.8. The van der Waals surface area contributed by atoms with Crippen LogP contribution >= 0.6 is 34.8 Å². The van der Waals surface area contributed by atoms with Gasteiger partial charge in [-0.2, -0.15) is 0 Å². The summed E-state index contributed by atoms with van der Waals surface area (Å²) in [7, 11) is 0. The maximum atomic E-state index is 13.5. The molecule has 1 N–H and O–H groups in total. The molecule has 0 saturated carbocycles. The number of carbonyl (C=O) groups excluding carboxylic acids is 1. The number of halogens is 4. The fraction of sp³-hybridized carbons (Fsp3) is 0.0714. The number of anilines is 1. The molecule has 2 aromatic rings. The number of hydrogen-bond acceptors (Lipinski definition) is 2. The molecule has 0 saturated heterocycles. The highest BCUT2D eigenvalue weighted by Crippen LogP contribution is 2.27. The van der Waals surface area contributed by atoms with Gasteiger partial charge < -0.3 is 10.1 Å². The Hall–Kier alpha value is -1.49. The predicted molar refractivity (Wildman–Crippen MR) is 82.0 cm³/mol. The van der Waals surface area contributed by atoms with Crippen molar-refractivity contribution >= 4 is 46.4 Å². The van der Waals surface area contributed by atoms with E-state index in [1.807, 2.05) is 0 Å². The van der Waals surface area contributed by atoms with Gasteiger partial charge in [0.1, 0.15) is 11.6 Å². The topological polar surface area (TPSA) is 38.3 Å². The second-order valence-electron chi connectivity index (χ2n) is 4.04. The van der Waals surface area contributed by atoms with Crippen molar-refractivity contribution in [2.24, 2.45) is 0 Å². The largest absolute Gasteiger partial charge is 0.482 e. The third-order valence-electron chi connectivity index (χ3n) is 2.46. The average molecular weight is 349 g/mol. The highest BCUT2D eigenvalue weighted by atomic mass is 35.5. The Morgan fingerprint density at radius 3 is 2.48 bits per heavy atom. The van der Waals surface area contributed by atoms with Gasteiger partial charge in [-0.05, 0) is 36.4 Å². The van der Waals surface area contributed by atoms with Crippen LogP contribution in [0, 0.1) is 5.82 Å². The predicted octanol–water partition coefficient (Wildman–Crippen LogP) is 4.80. The molecule has 0 heterocycles. The van der Waals surface area contributed by atoms with Gasteiger partial charge in [-0.3, -0.25) is 4.79 Å². The van der Waals surface area contributed by atoms with Crippen molar-refractivity contribution in [3.63, 3.8) is 0 Å². The number of rotatable bonds is 4. The average Bonchev–Trinajstić information content (AvgIpc) is 2.42. The number of hydrogen-bond donors (Lipinski definition) is 1. The van der Waals surface area contributed by atoms with Gasteiger partial charge in [-0.1, -0.05) is 34.8 Å². The van der Waals surface area contributed by atoms with E-state index in [9.17, 15) is 9.18 Å². The molecule has 1 amide bonds. The van der Waals surface area contributed by atoms with E-state index in [0.29, 0.717) is 15.8 Å². The molecule has 2 rings (SSSR count). The van der Waals surface area contributed by atoms with E-state index in [4.69, 9.17) is 39.5 Å². The van der Waals surface area contributed by atoms with Crippen molar-refractivity contribution in [2.75, 3.05) is 11.9 Å². The monoisotopic (exact) mass is 347 g/mol. The number of amides is 1. The van der Waals surface area contributed by atoms with Crippen molar-refractivity contribution in [3.05, 3.63) is 57.3 Å². The maximum Gasteiger partial charge on any atom is 0.262 e. The van der Waals surface area contributed by atoms with Gasteiger partial charge >= 0.3 is 0 Å². The normalized spacial score (nSPS) is 10.3. The lowest BCUT2D eigenvalue weighted by Crippen LogP contribution is -2.20. The van der Waals surface area contributed by atoms with Gasteiger partial charge in [0.05, 0.1) is 10.7 Å². The molecule has 0 unspecified atom stereocenters. The van der Waals surface area contributed by atoms with Crippen LogP contribution in [-0.2, 0) is 4.79 Å². The van der Waals surface area contributed by atoms with E-state index in [-0.39, 0.29) is 17.3 Å². The molecular weight excluding hydrogens is 340 g/mol. The van der Waals surface area contributed by atoms with E-state index in [1.165, 1.54) is 24.3 Å².